The Morgan fingerprint density at radius 2 is 1.83 bits per heavy atom. The lowest BCUT2D eigenvalue weighted by Gasteiger charge is -2.33. The summed E-state index contributed by atoms with van der Waals surface area (Å²) in [7, 11) is 0. The van der Waals surface area contributed by atoms with Gasteiger partial charge in [-0.05, 0) is 37.5 Å². The second-order valence-electron chi connectivity index (χ2n) is 7.11. The second kappa shape index (κ2) is 5.46. The molecule has 1 aliphatic carbocycles. The normalized spacial score (nSPS) is 21.9. The summed E-state index contributed by atoms with van der Waals surface area (Å²) in [5.41, 5.74) is 0.0921. The van der Waals surface area contributed by atoms with E-state index in [1.54, 1.807) is 0 Å². The van der Waals surface area contributed by atoms with Crippen molar-refractivity contribution in [1.29, 1.82) is 0 Å². The highest BCUT2D eigenvalue weighted by atomic mass is 16.3. The van der Waals surface area contributed by atoms with Crippen LogP contribution in [0.15, 0.2) is 11.8 Å². The molecule has 1 saturated carbocycles. The van der Waals surface area contributed by atoms with E-state index in [1.165, 1.54) is 6.08 Å². The smallest absolute Gasteiger partial charge is 0.162 e. The van der Waals surface area contributed by atoms with E-state index in [4.69, 9.17) is 0 Å². The first-order chi connectivity index (χ1) is 8.18. The lowest BCUT2D eigenvalue weighted by Crippen LogP contribution is -2.26. The highest BCUT2D eigenvalue weighted by Crippen LogP contribution is 2.38. The van der Waals surface area contributed by atoms with E-state index in [9.17, 15) is 9.90 Å². The predicted molar refractivity (Wildman–Crippen MR) is 75.5 cm³/mol. The summed E-state index contributed by atoms with van der Waals surface area (Å²) in [5, 5.41) is 10.0. The number of ketones is 1. The molecule has 0 bridgehead atoms. The summed E-state index contributed by atoms with van der Waals surface area (Å²) in [4.78, 5) is 12.1. The van der Waals surface area contributed by atoms with E-state index in [2.05, 4.69) is 13.8 Å². The van der Waals surface area contributed by atoms with Crippen LogP contribution in [0.4, 0.5) is 0 Å². The number of carbonyl (C=O) groups excluding carboxylic acids is 1. The van der Waals surface area contributed by atoms with Crippen molar-refractivity contribution in [3.05, 3.63) is 11.8 Å². The molecule has 0 radical (unpaired) electrons. The van der Waals surface area contributed by atoms with Crippen LogP contribution in [-0.4, -0.2) is 10.9 Å². The number of hydrogen-bond donors (Lipinski definition) is 1. The average molecular weight is 252 g/mol. The van der Waals surface area contributed by atoms with Crippen LogP contribution in [0.3, 0.4) is 0 Å². The minimum atomic E-state index is -0.288. The second-order valence-corrected chi connectivity index (χ2v) is 7.11. The van der Waals surface area contributed by atoms with Crippen molar-refractivity contribution in [1.82, 2.24) is 0 Å². The molecule has 0 heterocycles. The lowest BCUT2D eigenvalue weighted by atomic mass is 9.72. The number of aliphatic hydroxyl groups excluding tert-OH is 1. The van der Waals surface area contributed by atoms with E-state index in [-0.39, 0.29) is 22.9 Å². The van der Waals surface area contributed by atoms with Crippen LogP contribution in [-0.2, 0) is 4.79 Å². The van der Waals surface area contributed by atoms with Crippen molar-refractivity contribution in [2.75, 3.05) is 0 Å². The predicted octanol–water partition coefficient (Wildman–Crippen LogP) is 4.65. The number of carbonyl (C=O) groups is 1. The van der Waals surface area contributed by atoms with Gasteiger partial charge in [0.05, 0.1) is 0 Å². The van der Waals surface area contributed by atoms with E-state index in [0.717, 1.165) is 32.1 Å². The van der Waals surface area contributed by atoms with Gasteiger partial charge in [0.15, 0.2) is 5.78 Å². The minimum Gasteiger partial charge on any atom is -0.512 e. The Morgan fingerprint density at radius 1 is 1.33 bits per heavy atom. The molecule has 0 aromatic carbocycles. The molecule has 0 spiro atoms. The summed E-state index contributed by atoms with van der Waals surface area (Å²) in [6.45, 7) is 10.5. The maximum absolute atomic E-state index is 12.1. The molecule has 0 aromatic heterocycles. The Labute approximate surface area is 111 Å². The summed E-state index contributed by atoms with van der Waals surface area (Å²) in [6, 6.07) is 0. The van der Waals surface area contributed by atoms with Crippen molar-refractivity contribution < 1.29 is 9.90 Å². The van der Waals surface area contributed by atoms with Gasteiger partial charge in [0.25, 0.3) is 0 Å². The molecule has 18 heavy (non-hydrogen) atoms. The van der Waals surface area contributed by atoms with Gasteiger partial charge in [-0.25, -0.2) is 0 Å². The molecular weight excluding hydrogens is 224 g/mol. The van der Waals surface area contributed by atoms with Gasteiger partial charge in [0.1, 0.15) is 5.76 Å². The van der Waals surface area contributed by atoms with Gasteiger partial charge in [-0.1, -0.05) is 34.6 Å². The van der Waals surface area contributed by atoms with Crippen molar-refractivity contribution in [3.63, 3.8) is 0 Å². The highest BCUT2D eigenvalue weighted by Gasteiger charge is 2.30. The SMILES string of the molecule is CCC(C)(C)C(O)=CC(=O)C1CCC(C)(C)CC1. The standard InChI is InChI=1S/C16H28O2/c1-6-16(4,5)14(18)11-13(17)12-7-9-15(2,3)10-8-12/h11-12,18H,6-10H2,1-5H3. The summed E-state index contributed by atoms with van der Waals surface area (Å²) >= 11 is 0. The van der Waals surface area contributed by atoms with Crippen LogP contribution < -0.4 is 0 Å². The van der Waals surface area contributed by atoms with E-state index in [1.807, 2.05) is 20.8 Å². The van der Waals surface area contributed by atoms with Gasteiger partial charge >= 0.3 is 0 Å². The quantitative estimate of drug-likeness (QED) is 0.584. The van der Waals surface area contributed by atoms with Gasteiger partial charge in [-0.3, -0.25) is 4.79 Å². The summed E-state index contributed by atoms with van der Waals surface area (Å²) in [6.07, 6.45) is 6.45. The van der Waals surface area contributed by atoms with Crippen molar-refractivity contribution in [3.8, 4) is 0 Å². The number of allylic oxidation sites excluding steroid dienone is 2. The zero-order chi connectivity index (χ0) is 14.0. The summed E-state index contributed by atoms with van der Waals surface area (Å²) in [5.74, 6) is 0.470. The molecular formula is C16H28O2. The molecule has 0 atom stereocenters. The number of aliphatic hydroxyl groups is 1. The Balaban J connectivity index is 2.65. The molecule has 0 aromatic rings. The largest absolute Gasteiger partial charge is 0.512 e. The number of hydrogen-bond acceptors (Lipinski definition) is 2. The number of rotatable bonds is 4. The van der Waals surface area contributed by atoms with Crippen LogP contribution in [0.1, 0.15) is 66.7 Å². The third kappa shape index (κ3) is 3.86. The first-order valence-corrected chi connectivity index (χ1v) is 7.13. The molecule has 1 aliphatic rings. The monoisotopic (exact) mass is 252 g/mol. The molecule has 0 amide bonds. The fourth-order valence-corrected chi connectivity index (χ4v) is 2.31. The van der Waals surface area contributed by atoms with Crippen LogP contribution in [0.5, 0.6) is 0 Å². The molecule has 0 unspecified atom stereocenters. The topological polar surface area (TPSA) is 37.3 Å². The molecule has 1 N–H and O–H groups in total. The van der Waals surface area contributed by atoms with E-state index < -0.39 is 0 Å². The average Bonchev–Trinajstić information content (AvgIpc) is 2.28. The van der Waals surface area contributed by atoms with E-state index >= 15 is 0 Å². The maximum atomic E-state index is 12.1. The van der Waals surface area contributed by atoms with Crippen LogP contribution in [0.25, 0.3) is 0 Å². The molecule has 104 valence electrons. The molecule has 1 rings (SSSR count). The first-order valence-electron chi connectivity index (χ1n) is 7.13. The lowest BCUT2D eigenvalue weighted by molar-refractivity contribution is -0.119. The zero-order valence-electron chi connectivity index (χ0n) is 12.5. The van der Waals surface area contributed by atoms with E-state index in [0.29, 0.717) is 5.41 Å². The first kappa shape index (κ1) is 15.3. The van der Waals surface area contributed by atoms with Gasteiger partial charge < -0.3 is 5.11 Å². The van der Waals surface area contributed by atoms with Crippen molar-refractivity contribution in [2.45, 2.75) is 66.7 Å². The van der Waals surface area contributed by atoms with Crippen molar-refractivity contribution >= 4 is 5.78 Å². The third-order valence-corrected chi connectivity index (χ3v) is 4.60. The van der Waals surface area contributed by atoms with Crippen LogP contribution in [0, 0.1) is 16.7 Å². The van der Waals surface area contributed by atoms with Gasteiger partial charge in [0, 0.05) is 17.4 Å². The van der Waals surface area contributed by atoms with Crippen LogP contribution in [0.2, 0.25) is 0 Å². The molecule has 0 saturated heterocycles. The zero-order valence-corrected chi connectivity index (χ0v) is 12.5. The Bertz CT molecular complexity index is 327. The van der Waals surface area contributed by atoms with Crippen molar-refractivity contribution in [2.24, 2.45) is 16.7 Å². The molecule has 0 aliphatic heterocycles. The molecule has 1 fully saturated rings. The fourth-order valence-electron chi connectivity index (χ4n) is 2.31. The van der Waals surface area contributed by atoms with Gasteiger partial charge in [0.2, 0.25) is 0 Å². The Hall–Kier alpha value is -0.790. The third-order valence-electron chi connectivity index (χ3n) is 4.60. The fraction of sp³-hybridized carbons (Fsp3) is 0.812. The summed E-state index contributed by atoms with van der Waals surface area (Å²) < 4.78 is 0. The van der Waals surface area contributed by atoms with Gasteiger partial charge in [-0.2, -0.15) is 0 Å². The minimum absolute atomic E-state index is 0.115. The van der Waals surface area contributed by atoms with Gasteiger partial charge in [-0.15, -0.1) is 0 Å². The molecule has 2 nitrogen and oxygen atoms in total. The molecule has 2 heteroatoms. The van der Waals surface area contributed by atoms with Crippen LogP contribution >= 0.6 is 0 Å². The highest BCUT2D eigenvalue weighted by molar-refractivity contribution is 5.92. The Kier molecular flexibility index (Phi) is 4.63. The maximum Gasteiger partial charge on any atom is 0.162 e. The Morgan fingerprint density at radius 3 is 2.28 bits per heavy atom.